The maximum Gasteiger partial charge on any atom is 0.194 e. The van der Waals surface area contributed by atoms with Crippen LogP contribution in [-0.4, -0.2) is 16.0 Å². The summed E-state index contributed by atoms with van der Waals surface area (Å²) < 4.78 is 0. The van der Waals surface area contributed by atoms with Crippen molar-refractivity contribution in [1.29, 1.82) is 0 Å². The minimum absolute atomic E-state index is 0.0499. The topological polar surface area (TPSA) is 37.3 Å². The first-order valence-corrected chi connectivity index (χ1v) is 6.05. The second kappa shape index (κ2) is 5.93. The lowest BCUT2D eigenvalue weighted by atomic mass is 9.99. The molecular formula is C12H16O2S. The summed E-state index contributed by atoms with van der Waals surface area (Å²) in [5.41, 5.74) is 0.801. The lowest BCUT2D eigenvalue weighted by Crippen LogP contribution is -2.16. The lowest BCUT2D eigenvalue weighted by molar-refractivity contribution is -0.117. The molecule has 1 rings (SSSR count). The van der Waals surface area contributed by atoms with Crippen LogP contribution in [0, 0.1) is 5.92 Å². The molecule has 0 saturated heterocycles. The molecule has 1 aromatic carbocycles. The van der Waals surface area contributed by atoms with Gasteiger partial charge in [-0.25, -0.2) is 0 Å². The summed E-state index contributed by atoms with van der Waals surface area (Å²) in [4.78, 5) is 11.6. The quantitative estimate of drug-likeness (QED) is 0.854. The van der Waals surface area contributed by atoms with Crippen LogP contribution in [0.15, 0.2) is 30.3 Å². The van der Waals surface area contributed by atoms with E-state index in [-0.39, 0.29) is 11.0 Å². The van der Waals surface area contributed by atoms with E-state index in [9.17, 15) is 9.90 Å². The zero-order valence-electron chi connectivity index (χ0n) is 9.01. The predicted octanol–water partition coefficient (Wildman–Crippen LogP) is 2.64. The summed E-state index contributed by atoms with van der Waals surface area (Å²) in [5, 5.41) is 10.0. The Morgan fingerprint density at radius 3 is 2.53 bits per heavy atom. The first kappa shape index (κ1) is 12.3. The van der Waals surface area contributed by atoms with E-state index < -0.39 is 6.10 Å². The fourth-order valence-corrected chi connectivity index (χ4v) is 2.02. The van der Waals surface area contributed by atoms with Crippen LogP contribution in [0.1, 0.15) is 25.5 Å². The number of rotatable bonds is 4. The molecule has 0 saturated carbocycles. The van der Waals surface area contributed by atoms with E-state index in [4.69, 9.17) is 0 Å². The molecule has 2 atom stereocenters. The Bertz CT molecular complexity index is 311. The third-order valence-corrected chi connectivity index (χ3v) is 3.22. The number of hydrogen-bond donors (Lipinski definition) is 1. The van der Waals surface area contributed by atoms with Gasteiger partial charge >= 0.3 is 0 Å². The first-order valence-electron chi connectivity index (χ1n) is 5.06. The molecule has 2 nitrogen and oxygen atoms in total. The molecule has 0 aliphatic heterocycles. The van der Waals surface area contributed by atoms with E-state index in [1.165, 1.54) is 11.8 Å². The third kappa shape index (κ3) is 3.36. The maximum absolute atomic E-state index is 11.6. The summed E-state index contributed by atoms with van der Waals surface area (Å²) in [6.07, 6.45) is -0.697. The average Bonchev–Trinajstić information content (AvgIpc) is 2.28. The molecule has 0 heterocycles. The molecule has 82 valence electrons. The SMILES string of the molecule is CCSC(=O)[C@H](C)[C@H](O)c1ccccc1. The van der Waals surface area contributed by atoms with Gasteiger partial charge in [-0.15, -0.1) is 0 Å². The number of hydrogen-bond acceptors (Lipinski definition) is 3. The van der Waals surface area contributed by atoms with Crippen molar-refractivity contribution in [2.45, 2.75) is 20.0 Å². The second-order valence-corrected chi connectivity index (χ2v) is 4.66. The van der Waals surface area contributed by atoms with E-state index >= 15 is 0 Å². The van der Waals surface area contributed by atoms with Gasteiger partial charge in [-0.3, -0.25) is 4.79 Å². The smallest absolute Gasteiger partial charge is 0.194 e. The highest BCUT2D eigenvalue weighted by atomic mass is 32.2. The van der Waals surface area contributed by atoms with Crippen LogP contribution in [0.2, 0.25) is 0 Å². The van der Waals surface area contributed by atoms with Crippen LogP contribution in [0.25, 0.3) is 0 Å². The zero-order valence-corrected chi connectivity index (χ0v) is 9.83. The van der Waals surface area contributed by atoms with Gasteiger partial charge in [-0.2, -0.15) is 0 Å². The maximum atomic E-state index is 11.6. The number of aliphatic hydroxyl groups excluding tert-OH is 1. The number of thioether (sulfide) groups is 1. The fourth-order valence-electron chi connectivity index (χ4n) is 1.34. The third-order valence-electron chi connectivity index (χ3n) is 2.27. The van der Waals surface area contributed by atoms with Crippen molar-refractivity contribution >= 4 is 16.9 Å². The first-order chi connectivity index (χ1) is 7.16. The zero-order chi connectivity index (χ0) is 11.3. The van der Waals surface area contributed by atoms with Crippen molar-refractivity contribution in [3.8, 4) is 0 Å². The largest absolute Gasteiger partial charge is 0.388 e. The summed E-state index contributed by atoms with van der Waals surface area (Å²) in [6.45, 7) is 3.70. The predicted molar refractivity (Wildman–Crippen MR) is 63.7 cm³/mol. The van der Waals surface area contributed by atoms with Crippen LogP contribution in [0.5, 0.6) is 0 Å². The molecule has 0 amide bonds. The molecular weight excluding hydrogens is 208 g/mol. The molecule has 3 heteroatoms. The van der Waals surface area contributed by atoms with Gasteiger partial charge in [0.25, 0.3) is 0 Å². The second-order valence-electron chi connectivity index (χ2n) is 3.40. The minimum Gasteiger partial charge on any atom is -0.388 e. The molecule has 15 heavy (non-hydrogen) atoms. The van der Waals surface area contributed by atoms with Gasteiger partial charge in [0, 0.05) is 0 Å². The Morgan fingerprint density at radius 1 is 1.40 bits per heavy atom. The van der Waals surface area contributed by atoms with Gasteiger partial charge in [-0.05, 0) is 11.3 Å². The van der Waals surface area contributed by atoms with Crippen molar-refractivity contribution < 1.29 is 9.90 Å². The van der Waals surface area contributed by atoms with Crippen LogP contribution >= 0.6 is 11.8 Å². The molecule has 1 N–H and O–H groups in total. The van der Waals surface area contributed by atoms with Crippen LogP contribution < -0.4 is 0 Å². The van der Waals surface area contributed by atoms with Gasteiger partial charge in [0.2, 0.25) is 0 Å². The van der Waals surface area contributed by atoms with Crippen molar-refractivity contribution in [2.24, 2.45) is 5.92 Å². The molecule has 0 radical (unpaired) electrons. The Kier molecular flexibility index (Phi) is 4.85. The Labute approximate surface area is 94.7 Å². The summed E-state index contributed by atoms with van der Waals surface area (Å²) in [7, 11) is 0. The van der Waals surface area contributed by atoms with Crippen molar-refractivity contribution in [1.82, 2.24) is 0 Å². The van der Waals surface area contributed by atoms with Crippen LogP contribution in [-0.2, 0) is 4.79 Å². The molecule has 1 aromatic rings. The Hall–Kier alpha value is -0.800. The Morgan fingerprint density at radius 2 is 2.00 bits per heavy atom. The van der Waals surface area contributed by atoms with Crippen molar-refractivity contribution in [3.63, 3.8) is 0 Å². The van der Waals surface area contributed by atoms with Crippen molar-refractivity contribution in [3.05, 3.63) is 35.9 Å². The van der Waals surface area contributed by atoms with E-state index in [1.807, 2.05) is 37.3 Å². The highest BCUT2D eigenvalue weighted by molar-refractivity contribution is 8.13. The summed E-state index contributed by atoms with van der Waals surface area (Å²) in [5.74, 6) is 0.405. The fraction of sp³-hybridized carbons (Fsp3) is 0.417. The number of aliphatic hydroxyl groups is 1. The molecule has 0 fully saturated rings. The van der Waals surface area contributed by atoms with Crippen LogP contribution in [0.4, 0.5) is 0 Å². The molecule has 0 unspecified atom stereocenters. The van der Waals surface area contributed by atoms with E-state index in [2.05, 4.69) is 0 Å². The molecule has 0 aliphatic carbocycles. The van der Waals surface area contributed by atoms with Gasteiger partial charge in [0.15, 0.2) is 5.12 Å². The standard InChI is InChI=1S/C12H16O2S/c1-3-15-12(14)9(2)11(13)10-7-5-4-6-8-10/h4-9,11,13H,3H2,1-2H3/t9-,11+/m1/s1. The van der Waals surface area contributed by atoms with Gasteiger partial charge in [0.1, 0.15) is 0 Å². The number of carbonyl (C=O) groups excluding carboxylic acids is 1. The van der Waals surface area contributed by atoms with E-state index in [1.54, 1.807) is 6.92 Å². The Balaban J connectivity index is 2.68. The van der Waals surface area contributed by atoms with Gasteiger partial charge < -0.3 is 5.11 Å². The highest BCUT2D eigenvalue weighted by Gasteiger charge is 2.22. The minimum atomic E-state index is -0.697. The molecule has 0 spiro atoms. The number of carbonyl (C=O) groups is 1. The average molecular weight is 224 g/mol. The number of benzene rings is 1. The molecule has 0 bridgehead atoms. The van der Waals surface area contributed by atoms with E-state index in [0.717, 1.165) is 11.3 Å². The summed E-state index contributed by atoms with van der Waals surface area (Å²) in [6, 6.07) is 9.30. The molecule has 0 aromatic heterocycles. The van der Waals surface area contributed by atoms with Gasteiger partial charge in [0.05, 0.1) is 12.0 Å². The summed E-state index contributed by atoms with van der Waals surface area (Å²) >= 11 is 1.26. The van der Waals surface area contributed by atoms with Crippen LogP contribution in [0.3, 0.4) is 0 Å². The van der Waals surface area contributed by atoms with Gasteiger partial charge in [-0.1, -0.05) is 55.9 Å². The van der Waals surface area contributed by atoms with Crippen molar-refractivity contribution in [2.75, 3.05) is 5.75 Å². The monoisotopic (exact) mass is 224 g/mol. The highest BCUT2D eigenvalue weighted by Crippen LogP contribution is 2.25. The molecule has 0 aliphatic rings. The normalized spacial score (nSPS) is 14.6. The van der Waals surface area contributed by atoms with E-state index in [0.29, 0.717) is 0 Å². The lowest BCUT2D eigenvalue weighted by Gasteiger charge is -2.17.